The first-order valence-corrected chi connectivity index (χ1v) is 5.38. The summed E-state index contributed by atoms with van der Waals surface area (Å²) < 4.78 is 5.22. The van der Waals surface area contributed by atoms with Gasteiger partial charge in [-0.15, -0.1) is 0 Å². The summed E-state index contributed by atoms with van der Waals surface area (Å²) in [6.45, 7) is 3.79. The largest absolute Gasteiger partial charge is 0.381 e. The van der Waals surface area contributed by atoms with E-state index in [-0.39, 0.29) is 11.8 Å². The van der Waals surface area contributed by atoms with Crippen LogP contribution in [0.1, 0.15) is 12.8 Å². The zero-order valence-electron chi connectivity index (χ0n) is 8.45. The topological polar surface area (TPSA) is 55.6 Å². The molecule has 0 bridgehead atoms. The SMILES string of the molecule is NCC1CCN(C(=O)C2CCOC2)C1. The van der Waals surface area contributed by atoms with Crippen molar-refractivity contribution in [2.24, 2.45) is 17.6 Å². The number of ether oxygens (including phenoxy) is 1. The maximum Gasteiger partial charge on any atom is 0.228 e. The van der Waals surface area contributed by atoms with Crippen molar-refractivity contribution in [2.75, 3.05) is 32.8 Å². The van der Waals surface area contributed by atoms with Crippen molar-refractivity contribution in [1.82, 2.24) is 4.90 Å². The Morgan fingerprint density at radius 3 is 2.93 bits per heavy atom. The van der Waals surface area contributed by atoms with Crippen LogP contribution >= 0.6 is 0 Å². The highest BCUT2D eigenvalue weighted by molar-refractivity contribution is 5.79. The lowest BCUT2D eigenvalue weighted by Gasteiger charge is -2.19. The third-order valence-electron chi connectivity index (χ3n) is 3.21. The molecule has 2 fully saturated rings. The molecule has 0 radical (unpaired) electrons. The lowest BCUT2D eigenvalue weighted by Crippen LogP contribution is -2.35. The molecule has 1 amide bonds. The minimum atomic E-state index is 0.117. The molecule has 0 aliphatic carbocycles. The standard InChI is InChI=1S/C10H18N2O2/c11-5-8-1-3-12(6-8)10(13)9-2-4-14-7-9/h8-9H,1-7,11H2. The van der Waals surface area contributed by atoms with Gasteiger partial charge in [0.1, 0.15) is 0 Å². The second kappa shape index (κ2) is 4.28. The molecular formula is C10H18N2O2. The second-order valence-corrected chi connectivity index (χ2v) is 4.24. The molecule has 4 heteroatoms. The molecule has 0 aromatic carbocycles. The molecule has 0 saturated carbocycles. The Morgan fingerprint density at radius 1 is 1.50 bits per heavy atom. The monoisotopic (exact) mass is 198 g/mol. The van der Waals surface area contributed by atoms with Gasteiger partial charge in [-0.25, -0.2) is 0 Å². The van der Waals surface area contributed by atoms with Crippen LogP contribution in [-0.2, 0) is 9.53 Å². The van der Waals surface area contributed by atoms with E-state index in [1.165, 1.54) is 0 Å². The molecule has 2 saturated heterocycles. The number of carbonyl (C=O) groups is 1. The summed E-state index contributed by atoms with van der Waals surface area (Å²) in [6.07, 6.45) is 1.96. The highest BCUT2D eigenvalue weighted by Crippen LogP contribution is 2.21. The average Bonchev–Trinajstić information content (AvgIpc) is 2.88. The molecule has 2 N–H and O–H groups in total. The number of hydrogen-bond donors (Lipinski definition) is 1. The third kappa shape index (κ3) is 1.91. The Kier molecular flexibility index (Phi) is 3.03. The van der Waals surface area contributed by atoms with Gasteiger partial charge in [0.15, 0.2) is 0 Å². The van der Waals surface area contributed by atoms with Crippen LogP contribution in [0.3, 0.4) is 0 Å². The maximum atomic E-state index is 11.9. The highest BCUT2D eigenvalue weighted by Gasteiger charge is 2.32. The number of nitrogens with two attached hydrogens (primary N) is 1. The van der Waals surface area contributed by atoms with Crippen LogP contribution in [0.15, 0.2) is 0 Å². The van der Waals surface area contributed by atoms with E-state index in [4.69, 9.17) is 10.5 Å². The van der Waals surface area contributed by atoms with Crippen molar-refractivity contribution in [3.63, 3.8) is 0 Å². The molecule has 2 atom stereocenters. The molecule has 80 valence electrons. The maximum absolute atomic E-state index is 11.9. The molecule has 14 heavy (non-hydrogen) atoms. The van der Waals surface area contributed by atoms with E-state index < -0.39 is 0 Å². The summed E-state index contributed by atoms with van der Waals surface area (Å²) in [4.78, 5) is 13.9. The molecule has 2 aliphatic rings. The van der Waals surface area contributed by atoms with E-state index in [1.807, 2.05) is 4.90 Å². The normalized spacial score (nSPS) is 32.5. The lowest BCUT2D eigenvalue weighted by atomic mass is 10.1. The summed E-state index contributed by atoms with van der Waals surface area (Å²) in [5.74, 6) is 0.909. The van der Waals surface area contributed by atoms with E-state index in [0.29, 0.717) is 19.1 Å². The van der Waals surface area contributed by atoms with Gasteiger partial charge in [-0.05, 0) is 25.3 Å². The summed E-state index contributed by atoms with van der Waals surface area (Å²) in [5.41, 5.74) is 5.59. The fourth-order valence-corrected chi connectivity index (χ4v) is 2.21. The van der Waals surface area contributed by atoms with Crippen LogP contribution < -0.4 is 5.73 Å². The summed E-state index contributed by atoms with van der Waals surface area (Å²) >= 11 is 0. The van der Waals surface area contributed by atoms with Gasteiger partial charge in [0, 0.05) is 19.7 Å². The number of likely N-dealkylation sites (tertiary alicyclic amines) is 1. The zero-order chi connectivity index (χ0) is 9.97. The zero-order valence-corrected chi connectivity index (χ0v) is 8.45. The van der Waals surface area contributed by atoms with E-state index in [2.05, 4.69) is 0 Å². The van der Waals surface area contributed by atoms with Gasteiger partial charge in [0.05, 0.1) is 12.5 Å². The van der Waals surface area contributed by atoms with Crippen LogP contribution in [0.25, 0.3) is 0 Å². The van der Waals surface area contributed by atoms with E-state index in [0.717, 1.165) is 32.5 Å². The molecule has 2 unspecified atom stereocenters. The van der Waals surface area contributed by atoms with Crippen molar-refractivity contribution in [3.05, 3.63) is 0 Å². The third-order valence-corrected chi connectivity index (χ3v) is 3.21. The smallest absolute Gasteiger partial charge is 0.228 e. The molecule has 0 aromatic heterocycles. The average molecular weight is 198 g/mol. The van der Waals surface area contributed by atoms with Crippen LogP contribution in [0.4, 0.5) is 0 Å². The number of rotatable bonds is 2. The van der Waals surface area contributed by atoms with Crippen molar-refractivity contribution in [2.45, 2.75) is 12.8 Å². The molecule has 4 nitrogen and oxygen atoms in total. The van der Waals surface area contributed by atoms with Crippen LogP contribution in [0.5, 0.6) is 0 Å². The van der Waals surface area contributed by atoms with Crippen molar-refractivity contribution in [3.8, 4) is 0 Å². The van der Waals surface area contributed by atoms with Crippen LogP contribution in [-0.4, -0.2) is 43.7 Å². The minimum Gasteiger partial charge on any atom is -0.381 e. The molecular weight excluding hydrogens is 180 g/mol. The van der Waals surface area contributed by atoms with Gasteiger partial charge < -0.3 is 15.4 Å². The van der Waals surface area contributed by atoms with Gasteiger partial charge >= 0.3 is 0 Å². The minimum absolute atomic E-state index is 0.117. The number of amides is 1. The predicted octanol–water partition coefficient (Wildman–Crippen LogP) is -0.170. The van der Waals surface area contributed by atoms with E-state index in [1.54, 1.807) is 0 Å². The summed E-state index contributed by atoms with van der Waals surface area (Å²) in [5, 5.41) is 0. The van der Waals surface area contributed by atoms with Gasteiger partial charge in [0.2, 0.25) is 5.91 Å². The number of hydrogen-bond acceptors (Lipinski definition) is 3. The van der Waals surface area contributed by atoms with E-state index in [9.17, 15) is 4.79 Å². The lowest BCUT2D eigenvalue weighted by molar-refractivity contribution is -0.134. The number of carbonyl (C=O) groups excluding carboxylic acids is 1. The fraction of sp³-hybridized carbons (Fsp3) is 0.900. The van der Waals surface area contributed by atoms with Gasteiger partial charge in [-0.1, -0.05) is 0 Å². The Balaban J connectivity index is 1.86. The predicted molar refractivity (Wildman–Crippen MR) is 52.7 cm³/mol. The number of nitrogens with zero attached hydrogens (tertiary/aromatic N) is 1. The van der Waals surface area contributed by atoms with Crippen molar-refractivity contribution < 1.29 is 9.53 Å². The summed E-state index contributed by atoms with van der Waals surface area (Å²) in [6, 6.07) is 0. The molecule has 2 heterocycles. The van der Waals surface area contributed by atoms with Crippen molar-refractivity contribution >= 4 is 5.91 Å². The quantitative estimate of drug-likeness (QED) is 0.670. The van der Waals surface area contributed by atoms with Crippen LogP contribution in [0.2, 0.25) is 0 Å². The second-order valence-electron chi connectivity index (χ2n) is 4.24. The first kappa shape index (κ1) is 9.93. The van der Waals surface area contributed by atoms with Gasteiger partial charge in [-0.2, -0.15) is 0 Å². The fourth-order valence-electron chi connectivity index (χ4n) is 2.21. The molecule has 2 aliphatic heterocycles. The Hall–Kier alpha value is -0.610. The first-order chi connectivity index (χ1) is 6.81. The van der Waals surface area contributed by atoms with E-state index >= 15 is 0 Å². The van der Waals surface area contributed by atoms with Gasteiger partial charge in [-0.3, -0.25) is 4.79 Å². The van der Waals surface area contributed by atoms with Gasteiger partial charge in [0.25, 0.3) is 0 Å². The first-order valence-electron chi connectivity index (χ1n) is 5.38. The Bertz CT molecular complexity index is 214. The molecule has 0 spiro atoms. The Morgan fingerprint density at radius 2 is 2.36 bits per heavy atom. The van der Waals surface area contributed by atoms with Crippen molar-refractivity contribution in [1.29, 1.82) is 0 Å². The van der Waals surface area contributed by atoms with Crippen LogP contribution in [0, 0.1) is 11.8 Å². The summed E-state index contributed by atoms with van der Waals surface area (Å²) in [7, 11) is 0. The highest BCUT2D eigenvalue weighted by atomic mass is 16.5. The Labute approximate surface area is 84.4 Å². The molecule has 0 aromatic rings. The molecule has 2 rings (SSSR count).